The first-order chi connectivity index (χ1) is 6.38. The molecule has 1 aliphatic carbocycles. The lowest BCUT2D eigenvalue weighted by Crippen LogP contribution is -2.36. The van der Waals surface area contributed by atoms with Crippen LogP contribution in [0.15, 0.2) is 24.3 Å². The van der Waals surface area contributed by atoms with Crippen LogP contribution in [0.4, 0.5) is 5.69 Å². The second kappa shape index (κ2) is 2.41. The number of benzene rings is 1. The third-order valence-electron chi connectivity index (χ3n) is 2.97. The Labute approximate surface area is 77.9 Å². The van der Waals surface area contributed by atoms with Gasteiger partial charge in [0.1, 0.15) is 5.75 Å². The van der Waals surface area contributed by atoms with E-state index < -0.39 is 0 Å². The molecule has 0 radical (unpaired) electrons. The van der Waals surface area contributed by atoms with E-state index in [1.165, 1.54) is 12.8 Å². The molecule has 2 heteroatoms. The zero-order valence-electron chi connectivity index (χ0n) is 7.55. The zero-order chi connectivity index (χ0) is 8.73. The second-order valence-electron chi connectivity index (χ2n) is 3.92. The van der Waals surface area contributed by atoms with Gasteiger partial charge in [-0.1, -0.05) is 12.1 Å². The van der Waals surface area contributed by atoms with Crippen LogP contribution in [0.5, 0.6) is 5.75 Å². The molecule has 0 saturated heterocycles. The summed E-state index contributed by atoms with van der Waals surface area (Å²) in [6, 6.07) is 8.19. The van der Waals surface area contributed by atoms with Crippen LogP contribution in [-0.2, 0) is 0 Å². The Balaban J connectivity index is 1.96. The van der Waals surface area contributed by atoms with E-state index in [1.807, 2.05) is 18.2 Å². The standard InChI is InChI=1S/C11H13NO/c1-2-6-10-9(5-1)12-11(13-10)7-3-4-8-11/h1-2,5-6,12H,3-4,7-8H2. The summed E-state index contributed by atoms with van der Waals surface area (Å²) in [5.41, 5.74) is 1.10. The van der Waals surface area contributed by atoms with Crippen LogP contribution in [0.3, 0.4) is 0 Å². The maximum atomic E-state index is 5.94. The first-order valence-electron chi connectivity index (χ1n) is 4.94. The predicted octanol–water partition coefficient (Wildman–Crippen LogP) is 2.76. The van der Waals surface area contributed by atoms with Crippen LogP contribution >= 0.6 is 0 Å². The van der Waals surface area contributed by atoms with Crippen molar-refractivity contribution in [2.75, 3.05) is 5.32 Å². The van der Waals surface area contributed by atoms with E-state index in [0.717, 1.165) is 24.3 Å². The lowest BCUT2D eigenvalue weighted by atomic mass is 10.2. The summed E-state index contributed by atoms with van der Waals surface area (Å²) in [5, 5.41) is 3.49. The summed E-state index contributed by atoms with van der Waals surface area (Å²) >= 11 is 0. The molecule has 1 fully saturated rings. The van der Waals surface area contributed by atoms with Gasteiger partial charge in [-0.05, 0) is 25.0 Å². The highest BCUT2D eigenvalue weighted by Gasteiger charge is 2.40. The lowest BCUT2D eigenvalue weighted by molar-refractivity contribution is 0.127. The molecule has 0 amide bonds. The number of ether oxygens (including phenoxy) is 1. The molecule has 1 heterocycles. The van der Waals surface area contributed by atoms with Crippen LogP contribution in [0.1, 0.15) is 25.7 Å². The highest BCUT2D eigenvalue weighted by atomic mass is 16.5. The highest BCUT2D eigenvalue weighted by Crippen LogP contribution is 2.43. The van der Waals surface area contributed by atoms with Gasteiger partial charge in [0, 0.05) is 12.8 Å². The van der Waals surface area contributed by atoms with Gasteiger partial charge in [0.25, 0.3) is 0 Å². The molecule has 2 nitrogen and oxygen atoms in total. The van der Waals surface area contributed by atoms with Crippen molar-refractivity contribution in [2.45, 2.75) is 31.4 Å². The normalized spacial score (nSPS) is 22.5. The fourth-order valence-electron chi connectivity index (χ4n) is 2.31. The number of rotatable bonds is 0. The number of hydrogen-bond donors (Lipinski definition) is 1. The first kappa shape index (κ1) is 7.25. The van der Waals surface area contributed by atoms with Gasteiger partial charge >= 0.3 is 0 Å². The topological polar surface area (TPSA) is 21.3 Å². The largest absolute Gasteiger partial charge is 0.466 e. The monoisotopic (exact) mass is 175 g/mol. The van der Waals surface area contributed by atoms with Gasteiger partial charge in [0.15, 0.2) is 5.72 Å². The molecule has 0 unspecified atom stereocenters. The van der Waals surface area contributed by atoms with Gasteiger partial charge < -0.3 is 10.1 Å². The maximum Gasteiger partial charge on any atom is 0.180 e. The van der Waals surface area contributed by atoms with E-state index in [9.17, 15) is 0 Å². The van der Waals surface area contributed by atoms with Gasteiger partial charge in [-0.25, -0.2) is 0 Å². The molecule has 1 aromatic carbocycles. The quantitative estimate of drug-likeness (QED) is 0.654. The Morgan fingerprint density at radius 2 is 1.92 bits per heavy atom. The van der Waals surface area contributed by atoms with Crippen molar-refractivity contribution in [3.63, 3.8) is 0 Å². The van der Waals surface area contributed by atoms with Crippen molar-refractivity contribution in [3.8, 4) is 5.75 Å². The molecule has 2 aliphatic rings. The van der Waals surface area contributed by atoms with Crippen molar-refractivity contribution in [1.29, 1.82) is 0 Å². The fraction of sp³-hybridized carbons (Fsp3) is 0.455. The summed E-state index contributed by atoms with van der Waals surface area (Å²) < 4.78 is 5.94. The van der Waals surface area contributed by atoms with E-state index in [0.29, 0.717) is 0 Å². The second-order valence-corrected chi connectivity index (χ2v) is 3.92. The van der Waals surface area contributed by atoms with E-state index in [-0.39, 0.29) is 5.72 Å². The summed E-state index contributed by atoms with van der Waals surface area (Å²) in [6.45, 7) is 0. The molecule has 0 aromatic heterocycles. The van der Waals surface area contributed by atoms with Gasteiger partial charge in [0.2, 0.25) is 0 Å². The Hall–Kier alpha value is -1.18. The maximum absolute atomic E-state index is 5.94. The molecule has 1 aromatic rings. The van der Waals surface area contributed by atoms with Gasteiger partial charge in [-0.2, -0.15) is 0 Å². The van der Waals surface area contributed by atoms with Crippen molar-refractivity contribution < 1.29 is 4.74 Å². The predicted molar refractivity (Wildman–Crippen MR) is 51.9 cm³/mol. The highest BCUT2D eigenvalue weighted by molar-refractivity contribution is 5.61. The Kier molecular flexibility index (Phi) is 1.34. The van der Waals surface area contributed by atoms with Crippen molar-refractivity contribution in [3.05, 3.63) is 24.3 Å². The van der Waals surface area contributed by atoms with Crippen molar-refractivity contribution >= 4 is 5.69 Å². The van der Waals surface area contributed by atoms with Gasteiger partial charge in [-0.15, -0.1) is 0 Å². The van der Waals surface area contributed by atoms with Crippen LogP contribution in [0, 0.1) is 0 Å². The van der Waals surface area contributed by atoms with Crippen LogP contribution in [-0.4, -0.2) is 5.72 Å². The Bertz CT molecular complexity index is 302. The molecule has 0 bridgehead atoms. The fourth-order valence-corrected chi connectivity index (χ4v) is 2.31. The molecule has 68 valence electrons. The van der Waals surface area contributed by atoms with E-state index >= 15 is 0 Å². The Morgan fingerprint density at radius 1 is 1.15 bits per heavy atom. The van der Waals surface area contributed by atoms with E-state index in [4.69, 9.17) is 4.74 Å². The van der Waals surface area contributed by atoms with Crippen LogP contribution < -0.4 is 10.1 Å². The number of para-hydroxylation sites is 2. The minimum absolute atomic E-state index is 0.0519. The number of anilines is 1. The minimum Gasteiger partial charge on any atom is -0.466 e. The average Bonchev–Trinajstić information content (AvgIpc) is 2.72. The van der Waals surface area contributed by atoms with E-state index in [1.54, 1.807) is 0 Å². The number of nitrogens with one attached hydrogen (secondary N) is 1. The van der Waals surface area contributed by atoms with E-state index in [2.05, 4.69) is 11.4 Å². The van der Waals surface area contributed by atoms with Crippen molar-refractivity contribution in [1.82, 2.24) is 0 Å². The van der Waals surface area contributed by atoms with Gasteiger partial charge in [-0.3, -0.25) is 0 Å². The summed E-state index contributed by atoms with van der Waals surface area (Å²) in [6.07, 6.45) is 4.84. The van der Waals surface area contributed by atoms with Crippen LogP contribution in [0.2, 0.25) is 0 Å². The lowest BCUT2D eigenvalue weighted by Gasteiger charge is -2.23. The SMILES string of the molecule is c1ccc2c(c1)NC1(CCCC1)O2. The van der Waals surface area contributed by atoms with Crippen molar-refractivity contribution in [2.24, 2.45) is 0 Å². The molecule has 0 atom stereocenters. The molecule has 1 saturated carbocycles. The molecule has 3 rings (SSSR count). The average molecular weight is 175 g/mol. The zero-order valence-corrected chi connectivity index (χ0v) is 7.55. The van der Waals surface area contributed by atoms with Gasteiger partial charge in [0.05, 0.1) is 5.69 Å². The number of hydrogen-bond acceptors (Lipinski definition) is 2. The third-order valence-corrected chi connectivity index (χ3v) is 2.97. The minimum atomic E-state index is -0.0519. The Morgan fingerprint density at radius 3 is 2.69 bits per heavy atom. The molecular weight excluding hydrogens is 162 g/mol. The summed E-state index contributed by atoms with van der Waals surface area (Å²) in [7, 11) is 0. The molecule has 1 aliphatic heterocycles. The van der Waals surface area contributed by atoms with Crippen LogP contribution in [0.25, 0.3) is 0 Å². The number of fused-ring (bicyclic) bond motifs is 1. The summed E-state index contributed by atoms with van der Waals surface area (Å²) in [5.74, 6) is 1.02. The summed E-state index contributed by atoms with van der Waals surface area (Å²) in [4.78, 5) is 0. The molecule has 1 spiro atoms. The smallest absolute Gasteiger partial charge is 0.180 e. The third kappa shape index (κ3) is 1.01. The molecular formula is C11H13NO. The molecule has 1 N–H and O–H groups in total. The molecule has 13 heavy (non-hydrogen) atoms. The first-order valence-corrected chi connectivity index (χ1v) is 4.94.